The van der Waals surface area contributed by atoms with Gasteiger partial charge in [0.05, 0.1) is 13.7 Å². The van der Waals surface area contributed by atoms with Crippen molar-refractivity contribution in [2.75, 3.05) is 20.3 Å². The van der Waals surface area contributed by atoms with Crippen LogP contribution in [0.15, 0.2) is 40.9 Å². The number of nitrogens with zero attached hydrogens (tertiary/aromatic N) is 2. The molecule has 1 heterocycles. The third-order valence-electron chi connectivity index (χ3n) is 4.54. The lowest BCUT2D eigenvalue weighted by Crippen LogP contribution is -1.95. The standard InChI is InChI=1S/C22H26N2O4/c1-4-27-19-11-9-17(14-20(19)26-3)22-23-21(24-28-22)18-10-8-16(13-15(18)2)7-5-6-12-25/h8-11,13-14,25H,4-7,12H2,1-3H3. The molecule has 2 aromatic carbocycles. The Kier molecular flexibility index (Phi) is 6.66. The minimum absolute atomic E-state index is 0.235. The van der Waals surface area contributed by atoms with E-state index in [9.17, 15) is 0 Å². The molecule has 1 aromatic heterocycles. The van der Waals surface area contributed by atoms with E-state index in [-0.39, 0.29) is 6.61 Å². The fourth-order valence-electron chi connectivity index (χ4n) is 3.10. The second-order valence-corrected chi connectivity index (χ2v) is 6.55. The van der Waals surface area contributed by atoms with E-state index in [0.717, 1.165) is 36.0 Å². The number of methoxy groups -OCH3 is 1. The van der Waals surface area contributed by atoms with Crippen molar-refractivity contribution in [2.24, 2.45) is 0 Å². The number of aromatic nitrogens is 2. The van der Waals surface area contributed by atoms with Crippen molar-refractivity contribution in [3.05, 3.63) is 47.5 Å². The molecule has 0 aliphatic rings. The lowest BCUT2D eigenvalue weighted by atomic mass is 10.0. The van der Waals surface area contributed by atoms with Crippen LogP contribution in [0.2, 0.25) is 0 Å². The summed E-state index contributed by atoms with van der Waals surface area (Å²) in [6.07, 6.45) is 2.74. The van der Waals surface area contributed by atoms with Crippen LogP contribution in [-0.2, 0) is 6.42 Å². The number of hydrogen-bond donors (Lipinski definition) is 1. The maximum absolute atomic E-state index is 8.92. The molecule has 6 nitrogen and oxygen atoms in total. The molecule has 148 valence electrons. The Hall–Kier alpha value is -2.86. The SMILES string of the molecule is CCOc1ccc(-c2nc(-c3ccc(CCCCO)cc3C)no2)cc1OC. The van der Waals surface area contributed by atoms with Crippen molar-refractivity contribution < 1.29 is 19.1 Å². The van der Waals surface area contributed by atoms with Gasteiger partial charge in [0, 0.05) is 17.7 Å². The highest BCUT2D eigenvalue weighted by Crippen LogP contribution is 2.33. The molecule has 0 fully saturated rings. The van der Waals surface area contributed by atoms with Crippen LogP contribution >= 0.6 is 0 Å². The molecular formula is C22H26N2O4. The Morgan fingerprint density at radius 3 is 2.64 bits per heavy atom. The molecule has 1 N–H and O–H groups in total. The van der Waals surface area contributed by atoms with Gasteiger partial charge in [0.1, 0.15) is 0 Å². The van der Waals surface area contributed by atoms with Crippen LogP contribution in [0.1, 0.15) is 30.9 Å². The summed E-state index contributed by atoms with van der Waals surface area (Å²) >= 11 is 0. The molecule has 28 heavy (non-hydrogen) atoms. The van der Waals surface area contributed by atoms with E-state index >= 15 is 0 Å². The van der Waals surface area contributed by atoms with Crippen LogP contribution in [0, 0.1) is 6.92 Å². The van der Waals surface area contributed by atoms with E-state index < -0.39 is 0 Å². The fourth-order valence-corrected chi connectivity index (χ4v) is 3.10. The topological polar surface area (TPSA) is 77.6 Å². The Balaban J connectivity index is 1.82. The molecule has 0 atom stereocenters. The van der Waals surface area contributed by atoms with Crippen LogP contribution < -0.4 is 9.47 Å². The zero-order valence-electron chi connectivity index (χ0n) is 16.6. The highest BCUT2D eigenvalue weighted by molar-refractivity contribution is 5.65. The van der Waals surface area contributed by atoms with E-state index in [2.05, 4.69) is 22.3 Å². The summed E-state index contributed by atoms with van der Waals surface area (Å²) < 4.78 is 16.4. The molecule has 0 saturated heterocycles. The van der Waals surface area contributed by atoms with Gasteiger partial charge in [-0.1, -0.05) is 23.4 Å². The van der Waals surface area contributed by atoms with Crippen LogP contribution in [0.5, 0.6) is 11.5 Å². The molecule has 0 aliphatic carbocycles. The van der Waals surface area contributed by atoms with Crippen molar-refractivity contribution in [2.45, 2.75) is 33.1 Å². The van der Waals surface area contributed by atoms with Gasteiger partial charge in [-0.15, -0.1) is 0 Å². The van der Waals surface area contributed by atoms with Crippen molar-refractivity contribution in [1.29, 1.82) is 0 Å². The maximum atomic E-state index is 8.92. The third-order valence-corrected chi connectivity index (χ3v) is 4.54. The molecule has 6 heteroatoms. The van der Waals surface area contributed by atoms with Crippen LogP contribution in [0.3, 0.4) is 0 Å². The van der Waals surface area contributed by atoms with E-state index in [0.29, 0.717) is 29.8 Å². The van der Waals surface area contributed by atoms with E-state index in [1.54, 1.807) is 7.11 Å². The van der Waals surface area contributed by atoms with Crippen molar-refractivity contribution in [3.8, 4) is 34.3 Å². The summed E-state index contributed by atoms with van der Waals surface area (Å²) in [5, 5.41) is 13.1. The maximum Gasteiger partial charge on any atom is 0.258 e. The molecular weight excluding hydrogens is 356 g/mol. The Morgan fingerprint density at radius 1 is 1.07 bits per heavy atom. The number of aliphatic hydroxyl groups is 1. The minimum atomic E-state index is 0.235. The summed E-state index contributed by atoms with van der Waals surface area (Å²) in [5.41, 5.74) is 4.06. The first-order valence-corrected chi connectivity index (χ1v) is 9.52. The van der Waals surface area contributed by atoms with Gasteiger partial charge in [-0.2, -0.15) is 4.98 Å². The molecule has 3 aromatic rings. The highest BCUT2D eigenvalue weighted by atomic mass is 16.5. The quantitative estimate of drug-likeness (QED) is 0.552. The second kappa shape index (κ2) is 9.37. The normalized spacial score (nSPS) is 10.9. The van der Waals surface area contributed by atoms with Gasteiger partial charge in [0.2, 0.25) is 5.82 Å². The predicted molar refractivity (Wildman–Crippen MR) is 108 cm³/mol. The van der Waals surface area contributed by atoms with Crippen LogP contribution in [0.4, 0.5) is 0 Å². The van der Waals surface area contributed by atoms with E-state index in [4.69, 9.17) is 19.1 Å². The average molecular weight is 382 g/mol. The monoisotopic (exact) mass is 382 g/mol. The number of aliphatic hydroxyl groups excluding tert-OH is 1. The largest absolute Gasteiger partial charge is 0.493 e. The summed E-state index contributed by atoms with van der Waals surface area (Å²) in [4.78, 5) is 4.56. The number of rotatable bonds is 9. The second-order valence-electron chi connectivity index (χ2n) is 6.55. The molecule has 0 amide bonds. The molecule has 0 radical (unpaired) electrons. The minimum Gasteiger partial charge on any atom is -0.493 e. The number of benzene rings is 2. The molecule has 0 bridgehead atoms. The first-order chi connectivity index (χ1) is 13.7. The Bertz CT molecular complexity index is 921. The zero-order valence-corrected chi connectivity index (χ0v) is 16.6. The van der Waals surface area contributed by atoms with Gasteiger partial charge in [-0.25, -0.2) is 0 Å². The number of ether oxygens (including phenoxy) is 2. The third kappa shape index (κ3) is 4.51. The average Bonchev–Trinajstić information content (AvgIpc) is 3.19. The molecule has 0 saturated carbocycles. The first-order valence-electron chi connectivity index (χ1n) is 9.52. The highest BCUT2D eigenvalue weighted by Gasteiger charge is 2.15. The van der Waals surface area contributed by atoms with Gasteiger partial charge in [0.25, 0.3) is 5.89 Å². The summed E-state index contributed by atoms with van der Waals surface area (Å²) in [6, 6.07) is 11.8. The Labute approximate surface area is 165 Å². The summed E-state index contributed by atoms with van der Waals surface area (Å²) in [5.74, 6) is 2.30. The lowest BCUT2D eigenvalue weighted by Gasteiger charge is -2.09. The first kappa shape index (κ1) is 19.9. The fraction of sp³-hybridized carbons (Fsp3) is 0.364. The summed E-state index contributed by atoms with van der Waals surface area (Å²) in [7, 11) is 1.60. The van der Waals surface area contributed by atoms with Gasteiger partial charge in [-0.3, -0.25) is 0 Å². The van der Waals surface area contributed by atoms with Crippen molar-refractivity contribution in [3.63, 3.8) is 0 Å². The van der Waals surface area contributed by atoms with Gasteiger partial charge in [0.15, 0.2) is 11.5 Å². The van der Waals surface area contributed by atoms with Crippen molar-refractivity contribution in [1.82, 2.24) is 10.1 Å². The molecule has 3 rings (SSSR count). The molecule has 0 spiro atoms. The smallest absolute Gasteiger partial charge is 0.258 e. The molecule has 0 unspecified atom stereocenters. The number of hydrogen-bond acceptors (Lipinski definition) is 6. The van der Waals surface area contributed by atoms with Gasteiger partial charge in [-0.05, 0) is 62.4 Å². The van der Waals surface area contributed by atoms with E-state index in [1.807, 2.05) is 38.1 Å². The Morgan fingerprint density at radius 2 is 1.93 bits per heavy atom. The zero-order chi connectivity index (χ0) is 19.9. The predicted octanol–water partition coefficient (Wildman–Crippen LogP) is 4.43. The van der Waals surface area contributed by atoms with Gasteiger partial charge < -0.3 is 19.1 Å². The van der Waals surface area contributed by atoms with Crippen LogP contribution in [-0.4, -0.2) is 35.6 Å². The van der Waals surface area contributed by atoms with E-state index in [1.165, 1.54) is 5.56 Å². The molecule has 0 aliphatic heterocycles. The van der Waals surface area contributed by atoms with Crippen molar-refractivity contribution >= 4 is 0 Å². The summed E-state index contributed by atoms with van der Waals surface area (Å²) in [6.45, 7) is 4.77. The van der Waals surface area contributed by atoms with Gasteiger partial charge >= 0.3 is 0 Å². The number of unbranched alkanes of at least 4 members (excludes halogenated alkanes) is 1. The number of aryl methyl sites for hydroxylation is 2. The van der Waals surface area contributed by atoms with Crippen LogP contribution in [0.25, 0.3) is 22.8 Å². The lowest BCUT2D eigenvalue weighted by molar-refractivity contribution is 0.284.